The maximum Gasteiger partial charge on any atom is 0.0253 e. The minimum atomic E-state index is 0.619. The average molecular weight is 286 g/mol. The normalized spacial score (nSPS) is 28.7. The summed E-state index contributed by atoms with van der Waals surface area (Å²) >= 11 is 0. The van der Waals surface area contributed by atoms with Crippen molar-refractivity contribution in [1.29, 1.82) is 0 Å². The van der Waals surface area contributed by atoms with Crippen LogP contribution in [0.1, 0.15) is 50.2 Å². The molecule has 0 spiro atoms. The third-order valence-corrected chi connectivity index (χ3v) is 5.48. The summed E-state index contributed by atoms with van der Waals surface area (Å²) in [6.07, 6.45) is 7.20. The second-order valence-electron chi connectivity index (χ2n) is 7.13. The van der Waals surface area contributed by atoms with Gasteiger partial charge in [-0.25, -0.2) is 0 Å². The van der Waals surface area contributed by atoms with Crippen molar-refractivity contribution in [2.24, 2.45) is 5.92 Å². The molecule has 2 nitrogen and oxygen atoms in total. The van der Waals surface area contributed by atoms with E-state index >= 15 is 0 Å². The van der Waals surface area contributed by atoms with Gasteiger partial charge in [-0.15, -0.1) is 0 Å². The van der Waals surface area contributed by atoms with Gasteiger partial charge in [0.05, 0.1) is 0 Å². The molecule has 0 aromatic heterocycles. The van der Waals surface area contributed by atoms with Crippen LogP contribution in [0.4, 0.5) is 0 Å². The summed E-state index contributed by atoms with van der Waals surface area (Å²) in [6, 6.07) is 10.2. The highest BCUT2D eigenvalue weighted by molar-refractivity contribution is 5.25. The first-order valence-corrected chi connectivity index (χ1v) is 8.76. The topological polar surface area (TPSA) is 15.3 Å². The van der Waals surface area contributed by atoms with E-state index in [2.05, 4.69) is 48.3 Å². The molecular weight excluding hydrogens is 256 g/mol. The van der Waals surface area contributed by atoms with Crippen LogP contribution in [-0.4, -0.2) is 30.1 Å². The molecule has 2 heteroatoms. The zero-order valence-corrected chi connectivity index (χ0v) is 13.6. The lowest BCUT2D eigenvalue weighted by molar-refractivity contribution is 0.0687. The van der Waals surface area contributed by atoms with Crippen molar-refractivity contribution in [3.63, 3.8) is 0 Å². The number of rotatable bonds is 3. The number of nitrogens with zero attached hydrogens (tertiary/aromatic N) is 1. The predicted molar refractivity (Wildman–Crippen MR) is 89.4 cm³/mol. The number of hydrogen-bond donors (Lipinski definition) is 1. The first-order chi connectivity index (χ1) is 10.2. The molecule has 1 aromatic rings. The van der Waals surface area contributed by atoms with E-state index < -0.39 is 0 Å². The molecule has 1 saturated carbocycles. The van der Waals surface area contributed by atoms with Crippen molar-refractivity contribution in [2.45, 2.75) is 64.6 Å². The van der Waals surface area contributed by atoms with Crippen molar-refractivity contribution < 1.29 is 0 Å². The maximum absolute atomic E-state index is 3.72. The predicted octanol–water partition coefficient (Wildman–Crippen LogP) is 3.74. The third kappa shape index (κ3) is 3.67. The van der Waals surface area contributed by atoms with Gasteiger partial charge in [-0.2, -0.15) is 0 Å². The van der Waals surface area contributed by atoms with Gasteiger partial charge in [0, 0.05) is 31.7 Å². The fraction of sp³-hybridized carbons (Fsp3) is 0.684. The van der Waals surface area contributed by atoms with Crippen molar-refractivity contribution in [1.82, 2.24) is 10.2 Å². The van der Waals surface area contributed by atoms with Crippen LogP contribution < -0.4 is 5.32 Å². The van der Waals surface area contributed by atoms with E-state index in [0.717, 1.165) is 18.5 Å². The monoisotopic (exact) mass is 286 g/mol. The van der Waals surface area contributed by atoms with Crippen LogP contribution in [0.3, 0.4) is 0 Å². The molecule has 0 radical (unpaired) electrons. The fourth-order valence-electron chi connectivity index (χ4n) is 4.17. The second kappa shape index (κ2) is 6.93. The molecule has 1 N–H and O–H groups in total. The van der Waals surface area contributed by atoms with E-state index in [4.69, 9.17) is 0 Å². The van der Waals surface area contributed by atoms with Gasteiger partial charge in [-0.05, 0) is 43.7 Å². The summed E-state index contributed by atoms with van der Waals surface area (Å²) < 4.78 is 0. The summed E-state index contributed by atoms with van der Waals surface area (Å²) in [5.41, 5.74) is 2.94. The number of benzene rings is 1. The minimum absolute atomic E-state index is 0.619. The lowest BCUT2D eigenvalue weighted by Gasteiger charge is -2.44. The van der Waals surface area contributed by atoms with Gasteiger partial charge in [0.1, 0.15) is 0 Å². The molecule has 1 heterocycles. The molecular formula is C19H30N2. The van der Waals surface area contributed by atoms with Crippen LogP contribution in [0.2, 0.25) is 0 Å². The minimum Gasteiger partial charge on any atom is -0.311 e. The molecule has 2 unspecified atom stereocenters. The van der Waals surface area contributed by atoms with Crippen LogP contribution in [-0.2, 0) is 6.54 Å². The third-order valence-electron chi connectivity index (χ3n) is 5.48. The van der Waals surface area contributed by atoms with Gasteiger partial charge in [0.25, 0.3) is 0 Å². The van der Waals surface area contributed by atoms with Crippen molar-refractivity contribution in [2.75, 3.05) is 13.1 Å². The Kier molecular flexibility index (Phi) is 4.97. The second-order valence-corrected chi connectivity index (χ2v) is 7.13. The van der Waals surface area contributed by atoms with Crippen LogP contribution in [0, 0.1) is 12.8 Å². The van der Waals surface area contributed by atoms with E-state index in [1.807, 2.05) is 0 Å². The van der Waals surface area contributed by atoms with Gasteiger partial charge < -0.3 is 5.32 Å². The van der Waals surface area contributed by atoms with Gasteiger partial charge in [-0.1, -0.05) is 43.5 Å². The zero-order valence-electron chi connectivity index (χ0n) is 13.6. The standard InChI is InChI=1S/C19H30N2/c1-15-8-6-7-11-18(15)14-21-13-16(2)20-12-19(21)17-9-4-3-5-10-17/h6-8,11,16-17,19-20H,3-5,9-10,12-14H2,1-2H3. The summed E-state index contributed by atoms with van der Waals surface area (Å²) in [4.78, 5) is 2.76. The first-order valence-electron chi connectivity index (χ1n) is 8.76. The molecule has 1 aromatic carbocycles. The smallest absolute Gasteiger partial charge is 0.0253 e. The fourth-order valence-corrected chi connectivity index (χ4v) is 4.17. The first kappa shape index (κ1) is 15.1. The Balaban J connectivity index is 1.73. The Morgan fingerprint density at radius 1 is 1.14 bits per heavy atom. The van der Waals surface area contributed by atoms with Crippen LogP contribution in [0.15, 0.2) is 24.3 Å². The summed E-state index contributed by atoms with van der Waals surface area (Å²) in [5, 5.41) is 3.72. The van der Waals surface area contributed by atoms with Crippen LogP contribution in [0.5, 0.6) is 0 Å². The summed E-state index contributed by atoms with van der Waals surface area (Å²) in [5.74, 6) is 0.905. The maximum atomic E-state index is 3.72. The Hall–Kier alpha value is -0.860. The van der Waals surface area contributed by atoms with Crippen molar-refractivity contribution in [3.8, 4) is 0 Å². The molecule has 1 saturated heterocycles. The Bertz CT molecular complexity index is 451. The lowest BCUT2D eigenvalue weighted by atomic mass is 9.82. The highest BCUT2D eigenvalue weighted by Crippen LogP contribution is 2.31. The molecule has 2 aliphatic rings. The van der Waals surface area contributed by atoms with E-state index in [1.165, 1.54) is 56.3 Å². The molecule has 1 aliphatic carbocycles. The van der Waals surface area contributed by atoms with Crippen LogP contribution in [0.25, 0.3) is 0 Å². The van der Waals surface area contributed by atoms with Crippen molar-refractivity contribution >= 4 is 0 Å². The highest BCUT2D eigenvalue weighted by atomic mass is 15.2. The van der Waals surface area contributed by atoms with E-state index in [9.17, 15) is 0 Å². The summed E-state index contributed by atoms with van der Waals surface area (Å²) in [6.45, 7) is 8.06. The summed E-state index contributed by atoms with van der Waals surface area (Å²) in [7, 11) is 0. The van der Waals surface area contributed by atoms with Crippen LogP contribution >= 0.6 is 0 Å². The molecule has 116 valence electrons. The van der Waals surface area contributed by atoms with Gasteiger partial charge in [-0.3, -0.25) is 4.90 Å². The molecule has 0 bridgehead atoms. The number of aryl methyl sites for hydroxylation is 1. The Morgan fingerprint density at radius 2 is 1.90 bits per heavy atom. The van der Waals surface area contributed by atoms with Crippen molar-refractivity contribution in [3.05, 3.63) is 35.4 Å². The number of hydrogen-bond acceptors (Lipinski definition) is 2. The number of nitrogens with one attached hydrogen (secondary N) is 1. The van der Waals surface area contributed by atoms with Gasteiger partial charge in [0.15, 0.2) is 0 Å². The average Bonchev–Trinajstić information content (AvgIpc) is 2.51. The molecule has 21 heavy (non-hydrogen) atoms. The van der Waals surface area contributed by atoms with E-state index in [-0.39, 0.29) is 0 Å². The molecule has 1 aliphatic heterocycles. The van der Waals surface area contributed by atoms with Gasteiger partial charge >= 0.3 is 0 Å². The molecule has 3 rings (SSSR count). The SMILES string of the molecule is Cc1ccccc1CN1CC(C)NCC1C1CCCCC1. The highest BCUT2D eigenvalue weighted by Gasteiger charge is 2.32. The molecule has 2 fully saturated rings. The van der Waals surface area contributed by atoms with Gasteiger partial charge in [0.2, 0.25) is 0 Å². The Morgan fingerprint density at radius 3 is 2.67 bits per heavy atom. The Labute approximate surface area is 129 Å². The molecule has 2 atom stereocenters. The lowest BCUT2D eigenvalue weighted by Crippen LogP contribution is -2.57. The quantitative estimate of drug-likeness (QED) is 0.910. The number of piperazine rings is 1. The van der Waals surface area contributed by atoms with E-state index in [0.29, 0.717) is 6.04 Å². The van der Waals surface area contributed by atoms with E-state index in [1.54, 1.807) is 0 Å². The molecule has 0 amide bonds. The largest absolute Gasteiger partial charge is 0.311 e. The zero-order chi connectivity index (χ0) is 14.7.